The SMILES string of the molecule is Cc1[nH]n(-c2ccc(S(=O)(=O)O)cc2)c(=O)c1C=C=CC=Cc1c(C)[nH]n(-c2ccc(S(=O)(=O)O)cc2)c1=O. The number of aryl methyl sites for hydroxylation is 2. The third-order valence-electron chi connectivity index (χ3n) is 5.70. The number of nitrogens with one attached hydrogen (secondary N) is 2. The number of aromatic amines is 2. The van der Waals surface area contributed by atoms with E-state index in [1.54, 1.807) is 26.0 Å². The first-order valence-corrected chi connectivity index (χ1v) is 14.0. The van der Waals surface area contributed by atoms with Gasteiger partial charge in [-0.1, -0.05) is 6.08 Å². The van der Waals surface area contributed by atoms with Crippen LogP contribution in [0.5, 0.6) is 0 Å². The van der Waals surface area contributed by atoms with E-state index >= 15 is 0 Å². The van der Waals surface area contributed by atoms with E-state index in [1.807, 2.05) is 0 Å². The van der Waals surface area contributed by atoms with Gasteiger partial charge in [0.15, 0.2) is 0 Å². The van der Waals surface area contributed by atoms with Crippen LogP contribution < -0.4 is 11.1 Å². The zero-order valence-corrected chi connectivity index (χ0v) is 22.1. The molecular formula is C25H22N4O8S2. The molecule has 0 radical (unpaired) electrons. The van der Waals surface area contributed by atoms with E-state index in [9.17, 15) is 26.4 Å². The lowest BCUT2D eigenvalue weighted by molar-refractivity contribution is 0.481. The average Bonchev–Trinajstić information content (AvgIpc) is 3.32. The van der Waals surface area contributed by atoms with Crippen LogP contribution in [0.25, 0.3) is 23.5 Å². The van der Waals surface area contributed by atoms with Crippen LogP contribution in [0.2, 0.25) is 0 Å². The fourth-order valence-electron chi connectivity index (χ4n) is 3.71. The summed E-state index contributed by atoms with van der Waals surface area (Å²) in [7, 11) is -8.70. The highest BCUT2D eigenvalue weighted by atomic mass is 32.2. The second kappa shape index (κ2) is 10.4. The van der Waals surface area contributed by atoms with Crippen molar-refractivity contribution < 1.29 is 25.9 Å². The van der Waals surface area contributed by atoms with Crippen molar-refractivity contribution in [3.05, 3.63) is 110 Å². The number of benzene rings is 2. The molecule has 2 aromatic carbocycles. The van der Waals surface area contributed by atoms with Crippen LogP contribution in [-0.4, -0.2) is 45.5 Å². The highest BCUT2D eigenvalue weighted by Crippen LogP contribution is 2.15. The zero-order chi connectivity index (χ0) is 28.5. The molecule has 12 nitrogen and oxygen atoms in total. The quantitative estimate of drug-likeness (QED) is 0.148. The van der Waals surface area contributed by atoms with Crippen molar-refractivity contribution in [3.8, 4) is 11.4 Å². The first kappa shape index (κ1) is 27.6. The molecule has 39 heavy (non-hydrogen) atoms. The molecule has 0 fully saturated rings. The predicted octanol–water partition coefficient (Wildman–Crippen LogP) is 2.64. The number of nitrogens with zero attached hydrogens (tertiary/aromatic N) is 2. The Morgan fingerprint density at radius 1 is 0.718 bits per heavy atom. The summed E-state index contributed by atoms with van der Waals surface area (Å²) in [4.78, 5) is 25.1. The molecule has 0 saturated heterocycles. The lowest BCUT2D eigenvalue weighted by Crippen LogP contribution is -2.16. The summed E-state index contributed by atoms with van der Waals surface area (Å²) in [6, 6.07) is 10.2. The Morgan fingerprint density at radius 3 is 1.56 bits per heavy atom. The molecular weight excluding hydrogens is 548 g/mol. The van der Waals surface area contributed by atoms with Gasteiger partial charge in [-0.25, -0.2) is 9.36 Å². The van der Waals surface area contributed by atoms with Crippen molar-refractivity contribution in [1.29, 1.82) is 0 Å². The monoisotopic (exact) mass is 570 g/mol. The van der Waals surface area contributed by atoms with Crippen LogP contribution in [0.4, 0.5) is 0 Å². The molecule has 0 aliphatic rings. The summed E-state index contributed by atoms with van der Waals surface area (Å²) >= 11 is 0. The third-order valence-corrected chi connectivity index (χ3v) is 7.44. The Bertz CT molecular complexity index is 1980. The molecule has 0 aliphatic carbocycles. The molecule has 0 bridgehead atoms. The van der Waals surface area contributed by atoms with Gasteiger partial charge in [-0.15, -0.1) is 5.73 Å². The highest BCUT2D eigenvalue weighted by molar-refractivity contribution is 7.86. The van der Waals surface area contributed by atoms with Gasteiger partial charge < -0.3 is 0 Å². The normalized spacial score (nSPS) is 12.0. The van der Waals surface area contributed by atoms with Crippen molar-refractivity contribution in [2.45, 2.75) is 23.6 Å². The molecule has 0 unspecified atom stereocenters. The van der Waals surface area contributed by atoms with Crippen LogP contribution in [0.1, 0.15) is 22.5 Å². The number of hydrogen-bond donors (Lipinski definition) is 4. The van der Waals surface area contributed by atoms with Gasteiger partial charge in [0.05, 0.1) is 32.3 Å². The van der Waals surface area contributed by atoms with E-state index < -0.39 is 25.8 Å². The molecule has 0 aliphatic heterocycles. The first-order chi connectivity index (χ1) is 18.3. The van der Waals surface area contributed by atoms with Crippen LogP contribution in [0, 0.1) is 13.8 Å². The second-order valence-corrected chi connectivity index (χ2v) is 11.2. The zero-order valence-electron chi connectivity index (χ0n) is 20.5. The molecule has 4 rings (SSSR count). The van der Waals surface area contributed by atoms with E-state index in [4.69, 9.17) is 9.11 Å². The number of allylic oxidation sites excluding steroid dienone is 2. The Labute approximate surface area is 222 Å². The predicted molar refractivity (Wildman–Crippen MR) is 143 cm³/mol. The number of rotatable bonds is 7. The fraction of sp³-hybridized carbons (Fsp3) is 0.0800. The van der Waals surface area contributed by atoms with Crippen LogP contribution in [0.3, 0.4) is 0 Å². The summed E-state index contributed by atoms with van der Waals surface area (Å²) in [5, 5.41) is 5.80. The average molecular weight is 571 g/mol. The van der Waals surface area contributed by atoms with Crippen molar-refractivity contribution >= 4 is 32.4 Å². The Morgan fingerprint density at radius 2 is 1.13 bits per heavy atom. The molecule has 2 aromatic heterocycles. The maximum Gasteiger partial charge on any atom is 0.294 e. The third kappa shape index (κ3) is 5.85. The molecule has 0 spiro atoms. The minimum absolute atomic E-state index is 0.293. The lowest BCUT2D eigenvalue weighted by Gasteiger charge is -2.02. The summed E-state index contributed by atoms with van der Waals surface area (Å²) in [5.74, 6) is 0. The van der Waals surface area contributed by atoms with Gasteiger partial charge in [0.1, 0.15) is 0 Å². The van der Waals surface area contributed by atoms with E-state index in [-0.39, 0.29) is 15.4 Å². The van der Waals surface area contributed by atoms with Gasteiger partial charge in [-0.3, -0.25) is 28.9 Å². The minimum atomic E-state index is -4.35. The molecule has 4 aromatic rings. The van der Waals surface area contributed by atoms with E-state index in [1.165, 1.54) is 70.0 Å². The van der Waals surface area contributed by atoms with Crippen molar-refractivity contribution in [3.63, 3.8) is 0 Å². The molecule has 0 saturated carbocycles. The molecule has 0 atom stereocenters. The van der Waals surface area contributed by atoms with Gasteiger partial charge in [0.25, 0.3) is 31.4 Å². The number of hydrogen-bond acceptors (Lipinski definition) is 6. The fourth-order valence-corrected chi connectivity index (χ4v) is 4.67. The largest absolute Gasteiger partial charge is 0.295 e. The second-order valence-electron chi connectivity index (χ2n) is 8.36. The highest BCUT2D eigenvalue weighted by Gasteiger charge is 2.14. The molecule has 202 valence electrons. The molecule has 14 heteroatoms. The van der Waals surface area contributed by atoms with Gasteiger partial charge in [-0.05, 0) is 80.6 Å². The molecule has 4 N–H and O–H groups in total. The van der Waals surface area contributed by atoms with Crippen LogP contribution >= 0.6 is 0 Å². The summed E-state index contributed by atoms with van der Waals surface area (Å²) in [6.07, 6.45) is 6.08. The van der Waals surface area contributed by atoms with E-state index in [0.29, 0.717) is 33.9 Å². The van der Waals surface area contributed by atoms with Gasteiger partial charge in [0, 0.05) is 11.4 Å². The Hall–Kier alpha value is -4.46. The first-order valence-electron chi connectivity index (χ1n) is 11.2. The van der Waals surface area contributed by atoms with Crippen molar-refractivity contribution in [2.24, 2.45) is 0 Å². The van der Waals surface area contributed by atoms with Crippen LogP contribution in [-0.2, 0) is 20.2 Å². The lowest BCUT2D eigenvalue weighted by atomic mass is 10.2. The number of aromatic nitrogens is 4. The van der Waals surface area contributed by atoms with Crippen molar-refractivity contribution in [1.82, 2.24) is 19.6 Å². The van der Waals surface area contributed by atoms with Gasteiger partial charge in [-0.2, -0.15) is 16.8 Å². The summed E-state index contributed by atoms with van der Waals surface area (Å²) < 4.78 is 65.6. The molecule has 2 heterocycles. The summed E-state index contributed by atoms with van der Waals surface area (Å²) in [6.45, 7) is 3.37. The van der Waals surface area contributed by atoms with Crippen molar-refractivity contribution in [2.75, 3.05) is 0 Å². The molecule has 0 amide bonds. The maximum atomic E-state index is 12.8. The smallest absolute Gasteiger partial charge is 0.294 e. The topological polar surface area (TPSA) is 184 Å². The maximum absolute atomic E-state index is 12.8. The van der Waals surface area contributed by atoms with E-state index in [2.05, 4.69) is 15.9 Å². The van der Waals surface area contributed by atoms with Gasteiger partial charge >= 0.3 is 0 Å². The standard InChI is InChI=1S/C25H22N4O8S2/c1-16-22(24(30)28(26-16)18-8-12-20(13-9-18)38(32,33)34)6-4-3-5-7-23-17(2)27-29(25(23)31)19-10-14-21(15-11-19)39(35,36)37/h3-4,6-15,26-27H,1-2H3,(H,32,33,34)(H,35,36,37). The summed E-state index contributed by atoms with van der Waals surface area (Å²) in [5.41, 5.74) is 4.56. The Balaban J connectivity index is 1.56. The number of H-pyrrole nitrogens is 2. The van der Waals surface area contributed by atoms with Crippen LogP contribution in [0.15, 0.2) is 85.8 Å². The Kier molecular flexibility index (Phi) is 7.33. The van der Waals surface area contributed by atoms with Gasteiger partial charge in [0.2, 0.25) is 0 Å². The van der Waals surface area contributed by atoms with E-state index in [0.717, 1.165) is 0 Å². The minimum Gasteiger partial charge on any atom is -0.295 e.